The smallest absolute Gasteiger partial charge is 0.137 e. The van der Waals surface area contributed by atoms with Crippen LogP contribution in [0.3, 0.4) is 0 Å². The molecule has 0 N–H and O–H groups in total. The molecule has 0 saturated carbocycles. The van der Waals surface area contributed by atoms with Crippen LogP contribution in [0.4, 0.5) is 0 Å². The Kier molecular flexibility index (Phi) is 5.24. The summed E-state index contributed by atoms with van der Waals surface area (Å²) in [6, 6.07) is 5.98. The van der Waals surface area contributed by atoms with Gasteiger partial charge in [-0.3, -0.25) is 4.98 Å². The van der Waals surface area contributed by atoms with Gasteiger partial charge in [-0.05, 0) is 38.8 Å². The van der Waals surface area contributed by atoms with Crippen molar-refractivity contribution >= 4 is 11.6 Å². The quantitative estimate of drug-likeness (QED) is 0.575. The topological polar surface area (TPSA) is 45.9 Å². The van der Waals surface area contributed by atoms with E-state index < -0.39 is 0 Å². The summed E-state index contributed by atoms with van der Waals surface area (Å²) in [4.78, 5) is 4.13. The van der Waals surface area contributed by atoms with Crippen molar-refractivity contribution in [2.75, 3.05) is 6.61 Å². The third kappa shape index (κ3) is 5.06. The van der Waals surface area contributed by atoms with Crippen LogP contribution in [0.1, 0.15) is 32.4 Å². The zero-order valence-electron chi connectivity index (χ0n) is 10.2. The Morgan fingerprint density at radius 3 is 2.76 bits per heavy atom. The van der Waals surface area contributed by atoms with Crippen molar-refractivity contribution < 1.29 is 4.74 Å². The highest BCUT2D eigenvalue weighted by Gasteiger charge is 2.15. The summed E-state index contributed by atoms with van der Waals surface area (Å²) in [6.07, 6.45) is 3.36. The van der Waals surface area contributed by atoms with E-state index in [2.05, 4.69) is 11.1 Å². The van der Waals surface area contributed by atoms with Gasteiger partial charge in [-0.25, -0.2) is 0 Å². The Labute approximate surface area is 107 Å². The van der Waals surface area contributed by atoms with Crippen molar-refractivity contribution in [2.24, 2.45) is 5.41 Å². The Balaban J connectivity index is 2.29. The summed E-state index contributed by atoms with van der Waals surface area (Å²) < 4.78 is 5.53. The van der Waals surface area contributed by atoms with Crippen molar-refractivity contribution in [1.29, 1.82) is 5.26 Å². The summed E-state index contributed by atoms with van der Waals surface area (Å²) in [6.45, 7) is 4.47. The summed E-state index contributed by atoms with van der Waals surface area (Å²) in [5.41, 5.74) is 0.564. The molecule has 1 rings (SSSR count). The summed E-state index contributed by atoms with van der Waals surface area (Å²) in [5.74, 6) is 1.16. The molecule has 0 unspecified atom stereocenters. The number of nitrogens with zero attached hydrogens (tertiary/aromatic N) is 2. The van der Waals surface area contributed by atoms with Crippen molar-refractivity contribution in [3.8, 4) is 11.8 Å². The van der Waals surface area contributed by atoms with Gasteiger partial charge < -0.3 is 4.74 Å². The first-order chi connectivity index (χ1) is 8.07. The molecule has 0 bridgehead atoms. The maximum Gasteiger partial charge on any atom is 0.137 e. The number of hydrogen-bond acceptors (Lipinski definition) is 3. The monoisotopic (exact) mass is 252 g/mol. The zero-order valence-corrected chi connectivity index (χ0v) is 11.0. The largest absolute Gasteiger partial charge is 0.492 e. The first kappa shape index (κ1) is 13.8. The molecule has 0 amide bonds. The van der Waals surface area contributed by atoms with E-state index in [9.17, 15) is 0 Å². The lowest BCUT2D eigenvalue weighted by molar-refractivity contribution is 0.283. The number of aromatic nitrogens is 1. The summed E-state index contributed by atoms with van der Waals surface area (Å²) in [7, 11) is 0. The van der Waals surface area contributed by atoms with Crippen molar-refractivity contribution in [3.05, 3.63) is 24.0 Å². The Hall–Kier alpha value is -1.27. The van der Waals surface area contributed by atoms with Gasteiger partial charge in [0.15, 0.2) is 0 Å². The maximum absolute atomic E-state index is 8.85. The average Bonchev–Trinajstić information content (AvgIpc) is 2.35. The normalized spacial score (nSPS) is 10.9. The van der Waals surface area contributed by atoms with Gasteiger partial charge in [0.25, 0.3) is 0 Å². The lowest BCUT2D eigenvalue weighted by Gasteiger charge is -2.14. The number of nitriles is 1. The molecular formula is C13H17ClN2O. The molecule has 0 aliphatic carbocycles. The van der Waals surface area contributed by atoms with Crippen LogP contribution in [0.2, 0.25) is 0 Å². The fourth-order valence-corrected chi connectivity index (χ4v) is 1.49. The predicted octanol–water partition coefficient (Wildman–Crippen LogP) is 3.53. The Bertz CT molecular complexity index is 381. The van der Waals surface area contributed by atoms with Crippen LogP contribution >= 0.6 is 11.6 Å². The second kappa shape index (κ2) is 6.46. The minimum atomic E-state index is -0.274. The standard InChI is InChI=1S/C13H17ClN2O/c1-13(2,10-15)6-3-7-17-12-5-4-11(8-14)16-9-12/h4-5,9H,3,6-8H2,1-2H3. The molecule has 0 aromatic carbocycles. The minimum Gasteiger partial charge on any atom is -0.492 e. The average molecular weight is 253 g/mol. The molecule has 92 valence electrons. The van der Waals surface area contributed by atoms with Gasteiger partial charge in [0.2, 0.25) is 0 Å². The predicted molar refractivity (Wildman–Crippen MR) is 67.9 cm³/mol. The first-order valence-electron chi connectivity index (χ1n) is 5.62. The van der Waals surface area contributed by atoms with E-state index in [1.165, 1.54) is 0 Å². The summed E-state index contributed by atoms with van der Waals surface area (Å²) in [5, 5.41) is 8.85. The van der Waals surface area contributed by atoms with E-state index in [1.54, 1.807) is 6.20 Å². The highest BCUT2D eigenvalue weighted by Crippen LogP contribution is 2.20. The number of halogens is 1. The lowest BCUT2D eigenvalue weighted by atomic mass is 9.90. The fourth-order valence-electron chi connectivity index (χ4n) is 1.34. The van der Waals surface area contributed by atoms with E-state index in [4.69, 9.17) is 21.6 Å². The molecule has 0 atom stereocenters. The van der Waals surface area contributed by atoms with Gasteiger partial charge >= 0.3 is 0 Å². The highest BCUT2D eigenvalue weighted by atomic mass is 35.5. The van der Waals surface area contributed by atoms with Crippen molar-refractivity contribution in [3.63, 3.8) is 0 Å². The molecule has 0 aliphatic heterocycles. The fraction of sp³-hybridized carbons (Fsp3) is 0.538. The van der Waals surface area contributed by atoms with Crippen LogP contribution in [-0.4, -0.2) is 11.6 Å². The highest BCUT2D eigenvalue weighted by molar-refractivity contribution is 6.16. The van der Waals surface area contributed by atoms with Crippen molar-refractivity contribution in [1.82, 2.24) is 4.98 Å². The SMILES string of the molecule is CC(C)(C#N)CCCOc1ccc(CCl)nc1. The Morgan fingerprint density at radius 1 is 1.47 bits per heavy atom. The van der Waals surface area contributed by atoms with Crippen LogP contribution in [-0.2, 0) is 5.88 Å². The van der Waals surface area contributed by atoms with Gasteiger partial charge in [0.1, 0.15) is 5.75 Å². The maximum atomic E-state index is 8.85. The molecule has 0 fully saturated rings. The van der Waals surface area contributed by atoms with Crippen LogP contribution in [0.25, 0.3) is 0 Å². The molecular weight excluding hydrogens is 236 g/mol. The van der Waals surface area contributed by atoms with E-state index in [1.807, 2.05) is 26.0 Å². The van der Waals surface area contributed by atoms with E-state index in [0.29, 0.717) is 12.5 Å². The molecule has 0 saturated heterocycles. The lowest BCUT2D eigenvalue weighted by Crippen LogP contribution is -2.10. The second-order valence-electron chi connectivity index (χ2n) is 4.57. The first-order valence-corrected chi connectivity index (χ1v) is 6.16. The molecule has 1 heterocycles. The number of rotatable bonds is 6. The molecule has 4 heteroatoms. The van der Waals surface area contributed by atoms with Gasteiger partial charge in [-0.2, -0.15) is 5.26 Å². The van der Waals surface area contributed by atoms with Crippen LogP contribution < -0.4 is 4.74 Å². The number of ether oxygens (including phenoxy) is 1. The molecule has 1 aromatic rings. The van der Waals surface area contributed by atoms with Gasteiger partial charge in [-0.15, -0.1) is 11.6 Å². The van der Waals surface area contributed by atoms with Gasteiger partial charge in [-0.1, -0.05) is 0 Å². The van der Waals surface area contributed by atoms with Crippen LogP contribution in [0.15, 0.2) is 18.3 Å². The minimum absolute atomic E-state index is 0.274. The summed E-state index contributed by atoms with van der Waals surface area (Å²) >= 11 is 5.64. The third-order valence-electron chi connectivity index (χ3n) is 2.45. The number of hydrogen-bond donors (Lipinski definition) is 0. The molecule has 3 nitrogen and oxygen atoms in total. The van der Waals surface area contributed by atoms with Gasteiger partial charge in [0.05, 0.1) is 35.9 Å². The van der Waals surface area contributed by atoms with Gasteiger partial charge in [0, 0.05) is 0 Å². The molecule has 0 radical (unpaired) electrons. The van der Waals surface area contributed by atoms with E-state index >= 15 is 0 Å². The Morgan fingerprint density at radius 2 is 2.24 bits per heavy atom. The van der Waals surface area contributed by atoms with Crippen LogP contribution in [0.5, 0.6) is 5.75 Å². The number of pyridine rings is 1. The second-order valence-corrected chi connectivity index (χ2v) is 4.83. The van der Waals surface area contributed by atoms with Crippen LogP contribution in [0, 0.1) is 16.7 Å². The molecule has 17 heavy (non-hydrogen) atoms. The van der Waals surface area contributed by atoms with E-state index in [0.717, 1.165) is 24.3 Å². The molecule has 0 aliphatic rings. The van der Waals surface area contributed by atoms with E-state index in [-0.39, 0.29) is 5.41 Å². The molecule has 0 spiro atoms. The van der Waals surface area contributed by atoms with Crippen molar-refractivity contribution in [2.45, 2.75) is 32.6 Å². The zero-order chi connectivity index (χ0) is 12.7. The molecule has 1 aromatic heterocycles. The number of alkyl halides is 1. The third-order valence-corrected chi connectivity index (χ3v) is 2.73.